The standard InChI is InChI=1S/C24H20FN3O2/c1-30-22-10-6-5-9-20(22)23-21(16-28(27-23)19-7-3-2-4-8-19)24(29)26-15-17-11-13-18(25)14-12-17/h2-14,16H,15H2,1H3,(H,26,29). The molecule has 0 aliphatic heterocycles. The number of carbonyl (C=O) groups is 1. The predicted molar refractivity (Wildman–Crippen MR) is 113 cm³/mol. The third kappa shape index (κ3) is 4.07. The molecule has 30 heavy (non-hydrogen) atoms. The fourth-order valence-electron chi connectivity index (χ4n) is 3.17. The summed E-state index contributed by atoms with van der Waals surface area (Å²) >= 11 is 0. The number of aromatic nitrogens is 2. The minimum Gasteiger partial charge on any atom is -0.496 e. The van der Waals surface area contributed by atoms with E-state index in [4.69, 9.17) is 4.74 Å². The van der Waals surface area contributed by atoms with Crippen LogP contribution in [0.15, 0.2) is 85.1 Å². The molecular formula is C24H20FN3O2. The van der Waals surface area contributed by atoms with Crippen LogP contribution in [0, 0.1) is 5.82 Å². The second kappa shape index (κ2) is 8.61. The van der Waals surface area contributed by atoms with Gasteiger partial charge in [0.15, 0.2) is 0 Å². The van der Waals surface area contributed by atoms with Crippen LogP contribution in [0.3, 0.4) is 0 Å². The predicted octanol–water partition coefficient (Wildman–Crippen LogP) is 4.62. The first-order valence-corrected chi connectivity index (χ1v) is 9.47. The van der Waals surface area contributed by atoms with Gasteiger partial charge in [-0.25, -0.2) is 9.07 Å². The normalized spacial score (nSPS) is 10.6. The maximum absolute atomic E-state index is 13.1. The van der Waals surface area contributed by atoms with Gasteiger partial charge >= 0.3 is 0 Å². The summed E-state index contributed by atoms with van der Waals surface area (Å²) in [7, 11) is 1.58. The van der Waals surface area contributed by atoms with Crippen LogP contribution >= 0.6 is 0 Å². The number of carbonyl (C=O) groups excluding carboxylic acids is 1. The van der Waals surface area contributed by atoms with Gasteiger partial charge in [0.05, 0.1) is 18.4 Å². The van der Waals surface area contributed by atoms with Crippen molar-refractivity contribution in [1.82, 2.24) is 15.1 Å². The Morgan fingerprint density at radius 2 is 1.70 bits per heavy atom. The summed E-state index contributed by atoms with van der Waals surface area (Å²) < 4.78 is 20.3. The van der Waals surface area contributed by atoms with Crippen LogP contribution in [0.1, 0.15) is 15.9 Å². The van der Waals surface area contributed by atoms with Crippen molar-refractivity contribution in [3.63, 3.8) is 0 Å². The molecule has 1 heterocycles. The van der Waals surface area contributed by atoms with Crippen molar-refractivity contribution >= 4 is 5.91 Å². The summed E-state index contributed by atoms with van der Waals surface area (Å²) in [4.78, 5) is 13.0. The highest BCUT2D eigenvalue weighted by atomic mass is 19.1. The van der Waals surface area contributed by atoms with E-state index in [2.05, 4.69) is 10.4 Å². The van der Waals surface area contributed by atoms with Gasteiger partial charge in [-0.2, -0.15) is 5.10 Å². The third-order valence-corrected chi connectivity index (χ3v) is 4.71. The lowest BCUT2D eigenvalue weighted by molar-refractivity contribution is 0.0951. The molecule has 0 aliphatic carbocycles. The Morgan fingerprint density at radius 3 is 2.43 bits per heavy atom. The molecule has 5 nitrogen and oxygen atoms in total. The molecule has 150 valence electrons. The average molecular weight is 401 g/mol. The molecule has 3 aromatic carbocycles. The second-order valence-corrected chi connectivity index (χ2v) is 6.68. The Bertz CT molecular complexity index is 1150. The molecule has 0 atom stereocenters. The number of halogens is 1. The number of hydrogen-bond donors (Lipinski definition) is 1. The zero-order chi connectivity index (χ0) is 20.9. The van der Waals surface area contributed by atoms with Crippen molar-refractivity contribution < 1.29 is 13.9 Å². The number of benzene rings is 3. The first-order chi connectivity index (χ1) is 14.7. The molecule has 6 heteroatoms. The molecule has 0 fully saturated rings. The maximum Gasteiger partial charge on any atom is 0.255 e. The van der Waals surface area contributed by atoms with Crippen LogP contribution in [-0.2, 0) is 6.54 Å². The minimum atomic E-state index is -0.312. The topological polar surface area (TPSA) is 56.2 Å². The molecule has 0 aliphatic rings. The van der Waals surface area contributed by atoms with Crippen molar-refractivity contribution in [1.29, 1.82) is 0 Å². The highest BCUT2D eigenvalue weighted by Crippen LogP contribution is 2.31. The number of hydrogen-bond acceptors (Lipinski definition) is 3. The molecular weight excluding hydrogens is 381 g/mol. The van der Waals surface area contributed by atoms with Crippen LogP contribution in [0.25, 0.3) is 16.9 Å². The summed E-state index contributed by atoms with van der Waals surface area (Å²) in [6.45, 7) is 0.279. The van der Waals surface area contributed by atoms with Gasteiger partial charge in [0, 0.05) is 18.3 Å². The van der Waals surface area contributed by atoms with Crippen molar-refractivity contribution in [2.75, 3.05) is 7.11 Å². The Balaban J connectivity index is 1.70. The Morgan fingerprint density at radius 1 is 1.00 bits per heavy atom. The molecule has 0 unspecified atom stereocenters. The molecule has 1 aromatic heterocycles. The van der Waals surface area contributed by atoms with Gasteiger partial charge in [0.25, 0.3) is 5.91 Å². The fraction of sp³-hybridized carbons (Fsp3) is 0.0833. The van der Waals surface area contributed by atoms with Gasteiger partial charge in [-0.1, -0.05) is 42.5 Å². The number of nitrogens with zero attached hydrogens (tertiary/aromatic N) is 2. The minimum absolute atomic E-state index is 0.276. The van der Waals surface area contributed by atoms with Crippen molar-refractivity contribution in [2.45, 2.75) is 6.54 Å². The number of para-hydroxylation sites is 2. The molecule has 4 rings (SSSR count). The Kier molecular flexibility index (Phi) is 5.57. The summed E-state index contributed by atoms with van der Waals surface area (Å²) in [6.07, 6.45) is 1.71. The molecule has 4 aromatic rings. The SMILES string of the molecule is COc1ccccc1-c1nn(-c2ccccc2)cc1C(=O)NCc1ccc(F)cc1. The number of nitrogens with one attached hydrogen (secondary N) is 1. The molecule has 1 N–H and O–H groups in total. The average Bonchev–Trinajstić information content (AvgIpc) is 3.24. The number of methoxy groups -OCH3 is 1. The zero-order valence-corrected chi connectivity index (χ0v) is 16.4. The van der Waals surface area contributed by atoms with E-state index in [0.717, 1.165) is 16.8 Å². The van der Waals surface area contributed by atoms with Crippen LogP contribution in [0.2, 0.25) is 0 Å². The highest BCUT2D eigenvalue weighted by Gasteiger charge is 2.21. The van der Waals surface area contributed by atoms with Gasteiger partial charge < -0.3 is 10.1 Å². The molecule has 0 radical (unpaired) electrons. The summed E-state index contributed by atoms with van der Waals surface area (Å²) in [5, 5.41) is 7.56. The number of rotatable bonds is 6. The monoisotopic (exact) mass is 401 g/mol. The molecule has 0 saturated heterocycles. The van der Waals surface area contributed by atoms with E-state index in [1.165, 1.54) is 12.1 Å². The van der Waals surface area contributed by atoms with Gasteiger partial charge in [-0.3, -0.25) is 4.79 Å². The van der Waals surface area contributed by atoms with Gasteiger partial charge in [0.2, 0.25) is 0 Å². The first kappa shape index (κ1) is 19.4. The van der Waals surface area contributed by atoms with Crippen LogP contribution < -0.4 is 10.1 Å². The van der Waals surface area contributed by atoms with E-state index in [0.29, 0.717) is 17.0 Å². The molecule has 1 amide bonds. The smallest absolute Gasteiger partial charge is 0.255 e. The molecule has 0 spiro atoms. The van der Waals surface area contributed by atoms with E-state index < -0.39 is 0 Å². The lowest BCUT2D eigenvalue weighted by Gasteiger charge is -2.08. The third-order valence-electron chi connectivity index (χ3n) is 4.71. The number of ether oxygens (including phenoxy) is 1. The van der Waals surface area contributed by atoms with E-state index in [1.807, 2.05) is 54.6 Å². The summed E-state index contributed by atoms with van der Waals surface area (Å²) in [5.41, 5.74) is 3.31. The Labute approximate surface area is 173 Å². The lowest BCUT2D eigenvalue weighted by Crippen LogP contribution is -2.23. The quantitative estimate of drug-likeness (QED) is 0.513. The molecule has 0 bridgehead atoms. The van der Waals surface area contributed by atoms with Crippen molar-refractivity contribution in [3.05, 3.63) is 102 Å². The van der Waals surface area contributed by atoms with E-state index in [9.17, 15) is 9.18 Å². The van der Waals surface area contributed by atoms with Crippen LogP contribution in [0.5, 0.6) is 5.75 Å². The second-order valence-electron chi connectivity index (χ2n) is 6.68. The zero-order valence-electron chi connectivity index (χ0n) is 16.4. The van der Waals surface area contributed by atoms with Crippen LogP contribution in [-0.4, -0.2) is 22.8 Å². The van der Waals surface area contributed by atoms with Crippen molar-refractivity contribution in [3.8, 4) is 22.7 Å². The Hall–Kier alpha value is -3.93. The van der Waals surface area contributed by atoms with Gasteiger partial charge in [-0.15, -0.1) is 0 Å². The van der Waals surface area contributed by atoms with Gasteiger partial charge in [0.1, 0.15) is 17.3 Å². The van der Waals surface area contributed by atoms with Crippen molar-refractivity contribution in [2.24, 2.45) is 0 Å². The van der Waals surface area contributed by atoms with E-state index in [1.54, 1.807) is 30.1 Å². The first-order valence-electron chi connectivity index (χ1n) is 9.47. The summed E-state index contributed by atoms with van der Waals surface area (Å²) in [5.74, 6) is 0.0403. The summed E-state index contributed by atoms with van der Waals surface area (Å²) in [6, 6.07) is 23.0. The van der Waals surface area contributed by atoms with E-state index >= 15 is 0 Å². The van der Waals surface area contributed by atoms with E-state index in [-0.39, 0.29) is 18.3 Å². The van der Waals surface area contributed by atoms with Gasteiger partial charge in [-0.05, 0) is 42.0 Å². The lowest BCUT2D eigenvalue weighted by atomic mass is 10.1. The highest BCUT2D eigenvalue weighted by molar-refractivity contribution is 6.00. The molecule has 0 saturated carbocycles. The largest absolute Gasteiger partial charge is 0.496 e. The van der Waals surface area contributed by atoms with Crippen LogP contribution in [0.4, 0.5) is 4.39 Å². The maximum atomic E-state index is 13.1. The fourth-order valence-corrected chi connectivity index (χ4v) is 3.17. The number of amides is 1.